The molecule has 0 N–H and O–H groups in total. The minimum absolute atomic E-state index is 0.106. The molecule has 0 saturated heterocycles. The number of amides is 1. The Morgan fingerprint density at radius 3 is 2.45 bits per heavy atom. The molecule has 0 spiro atoms. The highest BCUT2D eigenvalue weighted by atomic mass is 16.2. The molecule has 0 radical (unpaired) electrons. The third-order valence-corrected chi connectivity index (χ3v) is 3.89. The second kappa shape index (κ2) is 4.78. The molecule has 0 saturated carbocycles. The summed E-state index contributed by atoms with van der Waals surface area (Å²) in [5.41, 5.74) is 5.37. The summed E-state index contributed by atoms with van der Waals surface area (Å²) in [6.45, 7) is 6.18. The number of hydrogen-bond donors (Lipinski definition) is 0. The Bertz CT molecular complexity index is 655. The maximum atomic E-state index is 12.9. The van der Waals surface area contributed by atoms with Crippen molar-refractivity contribution in [3.63, 3.8) is 0 Å². The molecule has 1 amide bonds. The molecule has 2 aromatic rings. The van der Waals surface area contributed by atoms with Crippen LogP contribution in [-0.4, -0.2) is 11.9 Å². The van der Waals surface area contributed by atoms with Crippen LogP contribution >= 0.6 is 0 Å². The van der Waals surface area contributed by atoms with Crippen LogP contribution in [0.25, 0.3) is 0 Å². The summed E-state index contributed by atoms with van der Waals surface area (Å²) < 4.78 is 0. The monoisotopic (exact) mass is 265 g/mol. The lowest BCUT2D eigenvalue weighted by Gasteiger charge is -2.23. The van der Waals surface area contributed by atoms with Crippen molar-refractivity contribution < 1.29 is 4.79 Å². The molecule has 0 aromatic heterocycles. The number of carbonyl (C=O) groups excluding carboxylic acids is 1. The van der Waals surface area contributed by atoms with Gasteiger partial charge in [-0.3, -0.25) is 4.79 Å². The molecule has 2 heteroatoms. The number of benzene rings is 2. The van der Waals surface area contributed by atoms with Gasteiger partial charge in [-0.25, -0.2) is 0 Å². The first-order valence-corrected chi connectivity index (χ1v) is 7.06. The number of fused-ring (bicyclic) bond motifs is 1. The Morgan fingerprint density at radius 2 is 1.75 bits per heavy atom. The van der Waals surface area contributed by atoms with Crippen molar-refractivity contribution in [3.05, 3.63) is 64.7 Å². The molecule has 3 rings (SSSR count). The maximum Gasteiger partial charge on any atom is 0.258 e. The van der Waals surface area contributed by atoms with Gasteiger partial charge in [0.1, 0.15) is 0 Å². The van der Waals surface area contributed by atoms with Crippen LogP contribution in [0.1, 0.15) is 34.0 Å². The fourth-order valence-electron chi connectivity index (χ4n) is 3.11. The minimum Gasteiger partial charge on any atom is -0.305 e. The van der Waals surface area contributed by atoms with Crippen LogP contribution in [0.3, 0.4) is 0 Å². The van der Waals surface area contributed by atoms with E-state index in [-0.39, 0.29) is 11.9 Å². The van der Waals surface area contributed by atoms with Gasteiger partial charge in [0.25, 0.3) is 5.91 Å². The number of aryl methyl sites for hydroxylation is 2. The number of rotatable bonds is 1. The summed E-state index contributed by atoms with van der Waals surface area (Å²) in [5, 5.41) is 0. The largest absolute Gasteiger partial charge is 0.305 e. The van der Waals surface area contributed by atoms with Gasteiger partial charge in [0.15, 0.2) is 0 Å². The molecule has 2 nitrogen and oxygen atoms in total. The predicted molar refractivity (Wildman–Crippen MR) is 82.3 cm³/mol. The highest BCUT2D eigenvalue weighted by Crippen LogP contribution is 2.33. The summed E-state index contributed by atoms with van der Waals surface area (Å²) in [4.78, 5) is 14.8. The van der Waals surface area contributed by atoms with E-state index in [1.165, 1.54) is 5.56 Å². The zero-order chi connectivity index (χ0) is 14.3. The third-order valence-electron chi connectivity index (χ3n) is 3.89. The Labute approximate surface area is 120 Å². The Kier molecular flexibility index (Phi) is 3.09. The Morgan fingerprint density at radius 1 is 1.10 bits per heavy atom. The Balaban J connectivity index is 2.02. The highest BCUT2D eigenvalue weighted by Gasteiger charge is 2.31. The van der Waals surface area contributed by atoms with E-state index >= 15 is 0 Å². The molecule has 1 unspecified atom stereocenters. The molecular formula is C18H19NO. The van der Waals surface area contributed by atoms with Crippen LogP contribution in [0.5, 0.6) is 0 Å². The van der Waals surface area contributed by atoms with Crippen LogP contribution < -0.4 is 4.90 Å². The lowest BCUT2D eigenvalue weighted by Crippen LogP contribution is -2.35. The van der Waals surface area contributed by atoms with Crippen LogP contribution in [0.4, 0.5) is 5.69 Å². The molecule has 0 fully saturated rings. The molecule has 0 bridgehead atoms. The molecule has 102 valence electrons. The lowest BCUT2D eigenvalue weighted by atomic mass is 10.1. The number of hydrogen-bond acceptors (Lipinski definition) is 1. The fourth-order valence-corrected chi connectivity index (χ4v) is 3.11. The zero-order valence-corrected chi connectivity index (χ0v) is 12.2. The molecule has 20 heavy (non-hydrogen) atoms. The molecule has 1 atom stereocenters. The first kappa shape index (κ1) is 12.9. The Hall–Kier alpha value is -2.09. The van der Waals surface area contributed by atoms with Crippen molar-refractivity contribution in [2.75, 3.05) is 4.90 Å². The van der Waals surface area contributed by atoms with Crippen LogP contribution in [0.15, 0.2) is 42.5 Å². The van der Waals surface area contributed by atoms with Gasteiger partial charge < -0.3 is 4.90 Å². The third kappa shape index (κ3) is 2.11. The quantitative estimate of drug-likeness (QED) is 0.766. The van der Waals surface area contributed by atoms with Gasteiger partial charge >= 0.3 is 0 Å². The van der Waals surface area contributed by atoms with Gasteiger partial charge in [0.2, 0.25) is 0 Å². The van der Waals surface area contributed by atoms with Crippen molar-refractivity contribution in [3.8, 4) is 0 Å². The van der Waals surface area contributed by atoms with Gasteiger partial charge in [-0.15, -0.1) is 0 Å². The molecule has 1 heterocycles. The minimum atomic E-state index is 0.106. The van der Waals surface area contributed by atoms with E-state index < -0.39 is 0 Å². The van der Waals surface area contributed by atoms with Crippen LogP contribution in [0.2, 0.25) is 0 Å². The number of nitrogens with zero attached hydrogens (tertiary/aromatic N) is 1. The zero-order valence-electron chi connectivity index (χ0n) is 12.2. The van der Waals surface area contributed by atoms with E-state index in [1.807, 2.05) is 49.1 Å². The number of para-hydroxylation sites is 1. The van der Waals surface area contributed by atoms with Crippen molar-refractivity contribution >= 4 is 11.6 Å². The second-order valence-electron chi connectivity index (χ2n) is 5.73. The average molecular weight is 265 g/mol. The smallest absolute Gasteiger partial charge is 0.258 e. The van der Waals surface area contributed by atoms with E-state index in [9.17, 15) is 4.79 Å². The number of anilines is 1. The van der Waals surface area contributed by atoms with Crippen LogP contribution in [0, 0.1) is 13.8 Å². The van der Waals surface area contributed by atoms with Crippen molar-refractivity contribution in [2.24, 2.45) is 0 Å². The molecule has 0 aliphatic carbocycles. The van der Waals surface area contributed by atoms with Crippen molar-refractivity contribution in [1.82, 2.24) is 0 Å². The molecule has 1 aliphatic rings. The first-order valence-electron chi connectivity index (χ1n) is 7.06. The summed E-state index contributed by atoms with van der Waals surface area (Å²) in [6, 6.07) is 14.5. The highest BCUT2D eigenvalue weighted by molar-refractivity contribution is 6.08. The van der Waals surface area contributed by atoms with Gasteiger partial charge in [0, 0.05) is 17.3 Å². The van der Waals surface area contributed by atoms with Crippen molar-refractivity contribution in [2.45, 2.75) is 33.2 Å². The molecular weight excluding hydrogens is 246 g/mol. The first-order chi connectivity index (χ1) is 9.56. The summed E-state index contributed by atoms with van der Waals surface area (Å²) in [6.07, 6.45) is 0.937. The molecule has 2 aromatic carbocycles. The summed E-state index contributed by atoms with van der Waals surface area (Å²) >= 11 is 0. The summed E-state index contributed by atoms with van der Waals surface area (Å²) in [5.74, 6) is 0.106. The molecule has 1 aliphatic heterocycles. The second-order valence-corrected chi connectivity index (χ2v) is 5.73. The maximum absolute atomic E-state index is 12.9. The van der Waals surface area contributed by atoms with E-state index in [4.69, 9.17) is 0 Å². The predicted octanol–water partition coefficient (Wildman–Crippen LogP) is 3.89. The lowest BCUT2D eigenvalue weighted by molar-refractivity contribution is 0.0981. The van der Waals surface area contributed by atoms with E-state index in [2.05, 4.69) is 19.1 Å². The van der Waals surface area contributed by atoms with Gasteiger partial charge in [-0.2, -0.15) is 0 Å². The van der Waals surface area contributed by atoms with Gasteiger partial charge in [0.05, 0.1) is 0 Å². The standard InChI is InChI=1S/C18H19NO/c1-12-8-13(2)10-16(9-12)18(20)19-14(3)11-15-6-4-5-7-17(15)19/h4-10,14H,11H2,1-3H3. The fraction of sp³-hybridized carbons (Fsp3) is 0.278. The van der Waals surface area contributed by atoms with Crippen LogP contribution in [-0.2, 0) is 6.42 Å². The number of carbonyl (C=O) groups is 1. The topological polar surface area (TPSA) is 20.3 Å². The van der Waals surface area contributed by atoms with E-state index in [0.717, 1.165) is 28.8 Å². The van der Waals surface area contributed by atoms with Gasteiger partial charge in [-0.05, 0) is 51.0 Å². The average Bonchev–Trinajstić information content (AvgIpc) is 2.72. The van der Waals surface area contributed by atoms with E-state index in [1.54, 1.807) is 0 Å². The van der Waals surface area contributed by atoms with Crippen molar-refractivity contribution in [1.29, 1.82) is 0 Å². The SMILES string of the molecule is Cc1cc(C)cc(C(=O)N2c3ccccc3CC2C)c1. The van der Waals surface area contributed by atoms with E-state index in [0.29, 0.717) is 0 Å². The normalized spacial score (nSPS) is 17.1. The van der Waals surface area contributed by atoms with Gasteiger partial charge in [-0.1, -0.05) is 35.4 Å². The summed E-state index contributed by atoms with van der Waals surface area (Å²) in [7, 11) is 0.